The SMILES string of the molecule is Cc1cc(Br)ccc1NC(=O)COC(=O)C1(O)CCCCC1. The highest BCUT2D eigenvalue weighted by Gasteiger charge is 2.38. The molecule has 0 heterocycles. The van der Waals surface area contributed by atoms with Crippen LogP contribution in [-0.4, -0.2) is 29.2 Å². The van der Waals surface area contributed by atoms with Gasteiger partial charge in [-0.05, 0) is 56.4 Å². The van der Waals surface area contributed by atoms with Crippen LogP contribution in [0.3, 0.4) is 0 Å². The van der Waals surface area contributed by atoms with E-state index in [2.05, 4.69) is 21.2 Å². The lowest BCUT2D eigenvalue weighted by molar-refractivity contribution is -0.170. The normalized spacial score (nSPS) is 16.9. The number of ether oxygens (including phenoxy) is 1. The molecule has 0 aromatic heterocycles. The van der Waals surface area contributed by atoms with Crippen molar-refractivity contribution in [2.45, 2.75) is 44.6 Å². The lowest BCUT2D eigenvalue weighted by Gasteiger charge is -2.29. The van der Waals surface area contributed by atoms with Gasteiger partial charge in [0.05, 0.1) is 0 Å². The molecule has 2 N–H and O–H groups in total. The summed E-state index contributed by atoms with van der Waals surface area (Å²) in [6, 6.07) is 5.47. The van der Waals surface area contributed by atoms with Crippen LogP contribution in [0, 0.1) is 6.92 Å². The highest BCUT2D eigenvalue weighted by molar-refractivity contribution is 9.10. The second kappa shape index (κ2) is 7.24. The van der Waals surface area contributed by atoms with Gasteiger partial charge in [-0.15, -0.1) is 0 Å². The molecule has 0 saturated heterocycles. The van der Waals surface area contributed by atoms with E-state index in [0.717, 1.165) is 29.3 Å². The molecule has 1 aliphatic rings. The van der Waals surface area contributed by atoms with Gasteiger partial charge in [-0.3, -0.25) is 4.79 Å². The number of benzene rings is 1. The van der Waals surface area contributed by atoms with Gasteiger partial charge in [0, 0.05) is 10.2 Å². The molecule has 22 heavy (non-hydrogen) atoms. The number of halogens is 1. The fourth-order valence-electron chi connectivity index (χ4n) is 2.56. The Morgan fingerprint density at radius 3 is 2.64 bits per heavy atom. The van der Waals surface area contributed by atoms with E-state index in [0.29, 0.717) is 18.5 Å². The summed E-state index contributed by atoms with van der Waals surface area (Å²) in [6.45, 7) is 1.48. The number of hydrogen-bond donors (Lipinski definition) is 2. The third-order valence-corrected chi connectivity index (χ3v) is 4.35. The van der Waals surface area contributed by atoms with E-state index < -0.39 is 24.1 Å². The van der Waals surface area contributed by atoms with Gasteiger partial charge in [0.15, 0.2) is 12.2 Å². The van der Waals surface area contributed by atoms with Gasteiger partial charge >= 0.3 is 5.97 Å². The van der Waals surface area contributed by atoms with Crippen LogP contribution in [0.15, 0.2) is 22.7 Å². The molecule has 0 aliphatic heterocycles. The summed E-state index contributed by atoms with van der Waals surface area (Å²) >= 11 is 3.35. The van der Waals surface area contributed by atoms with Crippen molar-refractivity contribution in [2.75, 3.05) is 11.9 Å². The lowest BCUT2D eigenvalue weighted by atomic mass is 9.85. The van der Waals surface area contributed by atoms with Crippen LogP contribution >= 0.6 is 15.9 Å². The molecule has 0 unspecified atom stereocenters. The first kappa shape index (κ1) is 17.0. The molecular formula is C16H20BrNO4. The van der Waals surface area contributed by atoms with Crippen molar-refractivity contribution in [3.8, 4) is 0 Å². The number of aliphatic hydroxyl groups is 1. The Bertz CT molecular complexity index is 567. The smallest absolute Gasteiger partial charge is 0.338 e. The highest BCUT2D eigenvalue weighted by Crippen LogP contribution is 2.29. The molecule has 1 saturated carbocycles. The molecule has 0 atom stereocenters. The summed E-state index contributed by atoms with van der Waals surface area (Å²) in [6.07, 6.45) is 3.42. The van der Waals surface area contributed by atoms with E-state index in [4.69, 9.17) is 4.74 Å². The quantitative estimate of drug-likeness (QED) is 0.800. The number of nitrogens with one attached hydrogen (secondary N) is 1. The summed E-state index contributed by atoms with van der Waals surface area (Å²) in [7, 11) is 0. The monoisotopic (exact) mass is 369 g/mol. The Morgan fingerprint density at radius 1 is 1.32 bits per heavy atom. The molecule has 1 aromatic rings. The summed E-state index contributed by atoms with van der Waals surface area (Å²) in [5.41, 5.74) is 0.145. The average Bonchev–Trinajstić information content (AvgIpc) is 2.48. The molecule has 1 fully saturated rings. The van der Waals surface area contributed by atoms with Crippen LogP contribution in [0.1, 0.15) is 37.7 Å². The van der Waals surface area contributed by atoms with Crippen molar-refractivity contribution >= 4 is 33.5 Å². The number of amides is 1. The van der Waals surface area contributed by atoms with Crippen LogP contribution in [0.5, 0.6) is 0 Å². The zero-order valence-corrected chi connectivity index (χ0v) is 14.1. The lowest BCUT2D eigenvalue weighted by Crippen LogP contribution is -2.42. The van der Waals surface area contributed by atoms with Crippen molar-refractivity contribution in [1.82, 2.24) is 0 Å². The standard InChI is InChI=1S/C16H20BrNO4/c1-11-9-12(17)5-6-13(11)18-14(19)10-22-15(20)16(21)7-3-2-4-8-16/h5-6,9,21H,2-4,7-8,10H2,1H3,(H,18,19). The Hall–Kier alpha value is -1.40. The minimum absolute atomic E-state index is 0.392. The molecule has 5 nitrogen and oxygen atoms in total. The zero-order valence-electron chi connectivity index (χ0n) is 12.5. The van der Waals surface area contributed by atoms with E-state index in [9.17, 15) is 14.7 Å². The molecular weight excluding hydrogens is 350 g/mol. The maximum atomic E-state index is 11.9. The van der Waals surface area contributed by atoms with E-state index in [-0.39, 0.29) is 0 Å². The minimum atomic E-state index is -1.42. The Balaban J connectivity index is 1.86. The molecule has 120 valence electrons. The van der Waals surface area contributed by atoms with Gasteiger partial charge in [0.25, 0.3) is 5.91 Å². The Kier molecular flexibility index (Phi) is 5.58. The largest absolute Gasteiger partial charge is 0.453 e. The first-order valence-electron chi connectivity index (χ1n) is 7.36. The topological polar surface area (TPSA) is 75.6 Å². The van der Waals surface area contributed by atoms with Gasteiger partial charge in [-0.1, -0.05) is 22.4 Å². The predicted molar refractivity (Wildman–Crippen MR) is 86.5 cm³/mol. The maximum Gasteiger partial charge on any atom is 0.338 e. The fraction of sp³-hybridized carbons (Fsp3) is 0.500. The summed E-state index contributed by atoms with van der Waals surface area (Å²) in [5, 5.41) is 12.9. The van der Waals surface area contributed by atoms with Gasteiger partial charge < -0.3 is 15.2 Å². The van der Waals surface area contributed by atoms with Gasteiger partial charge in [-0.25, -0.2) is 4.79 Å². The van der Waals surface area contributed by atoms with Crippen molar-refractivity contribution in [2.24, 2.45) is 0 Å². The molecule has 1 amide bonds. The van der Waals surface area contributed by atoms with Crippen molar-refractivity contribution in [3.05, 3.63) is 28.2 Å². The van der Waals surface area contributed by atoms with E-state index in [1.807, 2.05) is 19.1 Å². The van der Waals surface area contributed by atoms with Crippen molar-refractivity contribution in [3.63, 3.8) is 0 Å². The van der Waals surface area contributed by atoms with E-state index in [1.54, 1.807) is 6.07 Å². The average molecular weight is 370 g/mol. The van der Waals surface area contributed by atoms with Gasteiger partial charge in [0.2, 0.25) is 0 Å². The number of rotatable bonds is 4. The first-order chi connectivity index (χ1) is 10.4. The summed E-state index contributed by atoms with van der Waals surface area (Å²) in [4.78, 5) is 23.8. The first-order valence-corrected chi connectivity index (χ1v) is 8.16. The minimum Gasteiger partial charge on any atom is -0.453 e. The van der Waals surface area contributed by atoms with Gasteiger partial charge in [0.1, 0.15) is 0 Å². The Labute approximate surface area is 138 Å². The number of anilines is 1. The highest BCUT2D eigenvalue weighted by atomic mass is 79.9. The van der Waals surface area contributed by atoms with Crippen LogP contribution in [-0.2, 0) is 14.3 Å². The Morgan fingerprint density at radius 2 is 2.00 bits per heavy atom. The van der Waals surface area contributed by atoms with E-state index in [1.165, 1.54) is 0 Å². The van der Waals surface area contributed by atoms with Gasteiger partial charge in [-0.2, -0.15) is 0 Å². The van der Waals surface area contributed by atoms with Crippen LogP contribution in [0.2, 0.25) is 0 Å². The fourth-order valence-corrected chi connectivity index (χ4v) is 3.04. The van der Waals surface area contributed by atoms with Crippen molar-refractivity contribution < 1.29 is 19.4 Å². The number of carbonyl (C=O) groups is 2. The molecule has 2 rings (SSSR count). The van der Waals surface area contributed by atoms with Crippen LogP contribution < -0.4 is 5.32 Å². The molecule has 1 aromatic carbocycles. The van der Waals surface area contributed by atoms with Crippen molar-refractivity contribution in [1.29, 1.82) is 0 Å². The maximum absolute atomic E-state index is 11.9. The predicted octanol–water partition coefficient (Wildman–Crippen LogP) is 2.93. The van der Waals surface area contributed by atoms with Crippen LogP contribution in [0.25, 0.3) is 0 Å². The molecule has 0 radical (unpaired) electrons. The number of hydrogen-bond acceptors (Lipinski definition) is 4. The zero-order chi connectivity index (χ0) is 16.2. The summed E-state index contributed by atoms with van der Waals surface area (Å²) < 4.78 is 5.90. The van der Waals surface area contributed by atoms with Crippen LogP contribution in [0.4, 0.5) is 5.69 Å². The third kappa shape index (κ3) is 4.30. The van der Waals surface area contributed by atoms with E-state index >= 15 is 0 Å². The second-order valence-corrected chi connectivity index (χ2v) is 6.59. The summed E-state index contributed by atoms with van der Waals surface area (Å²) in [5.74, 6) is -1.12. The molecule has 0 spiro atoms. The molecule has 0 bridgehead atoms. The second-order valence-electron chi connectivity index (χ2n) is 5.68. The third-order valence-electron chi connectivity index (χ3n) is 3.86. The number of esters is 1. The molecule has 6 heteroatoms. The number of carbonyl (C=O) groups excluding carboxylic acids is 2. The number of aryl methyl sites for hydroxylation is 1. The molecule has 1 aliphatic carbocycles.